The van der Waals surface area contributed by atoms with Crippen LogP contribution in [0.2, 0.25) is 0 Å². The summed E-state index contributed by atoms with van der Waals surface area (Å²) < 4.78 is 24.1. The first-order chi connectivity index (χ1) is 8.69. The molecule has 0 atom stereocenters. The summed E-state index contributed by atoms with van der Waals surface area (Å²) in [4.78, 5) is 4.08. The Balaban J connectivity index is 2.20. The molecule has 0 amide bonds. The lowest BCUT2D eigenvalue weighted by molar-refractivity contribution is 0.320. The smallest absolute Gasteiger partial charge is 0.222 e. The van der Waals surface area contributed by atoms with Crippen LogP contribution in [-0.2, 0) is 0 Å². The Labute approximate surface area is 104 Å². The number of rotatable bonds is 4. The third-order valence-electron chi connectivity index (χ3n) is 2.16. The average molecular weight is 248 g/mol. The summed E-state index contributed by atoms with van der Waals surface area (Å²) in [6.07, 6.45) is 0. The maximum atomic E-state index is 13.5. The van der Waals surface area contributed by atoms with Gasteiger partial charge < -0.3 is 15.2 Å². The number of ether oxygens (including phenoxy) is 2. The minimum atomic E-state index is -0.529. The highest BCUT2D eigenvalue weighted by Crippen LogP contribution is 2.25. The van der Waals surface area contributed by atoms with Crippen LogP contribution in [0.5, 0.6) is 17.5 Å². The number of benzene rings is 1. The number of anilines is 1. The molecule has 2 N–H and O–H groups in total. The minimum absolute atomic E-state index is 0.0744. The van der Waals surface area contributed by atoms with Crippen LogP contribution in [0.3, 0.4) is 0 Å². The van der Waals surface area contributed by atoms with Gasteiger partial charge in [0, 0.05) is 23.9 Å². The monoisotopic (exact) mass is 248 g/mol. The van der Waals surface area contributed by atoms with Gasteiger partial charge in [0.2, 0.25) is 11.8 Å². The number of aromatic nitrogens is 1. The van der Waals surface area contributed by atoms with Gasteiger partial charge in [-0.15, -0.1) is 0 Å². The highest BCUT2D eigenvalue weighted by atomic mass is 19.1. The summed E-state index contributed by atoms with van der Waals surface area (Å²) in [5.41, 5.74) is 5.80. The summed E-state index contributed by atoms with van der Waals surface area (Å²) in [6, 6.07) is 9.27. The molecule has 1 heterocycles. The predicted molar refractivity (Wildman–Crippen MR) is 66.3 cm³/mol. The van der Waals surface area contributed by atoms with Crippen molar-refractivity contribution in [2.45, 2.75) is 6.92 Å². The number of halogens is 1. The lowest BCUT2D eigenvalue weighted by Crippen LogP contribution is -1.96. The van der Waals surface area contributed by atoms with Crippen LogP contribution in [0.1, 0.15) is 6.92 Å². The number of nitrogen functional groups attached to an aromatic ring is 1. The van der Waals surface area contributed by atoms with Gasteiger partial charge in [-0.1, -0.05) is 6.07 Å². The SMILES string of the molecule is CCOc1cccc(Oc2ccc(N)cc2F)n1. The summed E-state index contributed by atoms with van der Waals surface area (Å²) in [5, 5.41) is 0. The maximum Gasteiger partial charge on any atom is 0.222 e. The fourth-order valence-electron chi connectivity index (χ4n) is 1.39. The van der Waals surface area contributed by atoms with Crippen LogP contribution < -0.4 is 15.2 Å². The first kappa shape index (κ1) is 12.2. The molecule has 0 saturated heterocycles. The molecule has 2 rings (SSSR count). The second kappa shape index (κ2) is 5.35. The van der Waals surface area contributed by atoms with Gasteiger partial charge in [0.1, 0.15) is 0 Å². The van der Waals surface area contributed by atoms with Crippen LogP contribution in [0, 0.1) is 5.82 Å². The van der Waals surface area contributed by atoms with Crippen LogP contribution in [0.25, 0.3) is 0 Å². The van der Waals surface area contributed by atoms with E-state index in [0.29, 0.717) is 18.2 Å². The molecule has 0 radical (unpaired) electrons. The molecule has 4 nitrogen and oxygen atoms in total. The predicted octanol–water partition coefficient (Wildman–Crippen LogP) is 2.99. The highest BCUT2D eigenvalue weighted by Gasteiger charge is 2.06. The van der Waals surface area contributed by atoms with E-state index in [2.05, 4.69) is 4.98 Å². The molecule has 0 aliphatic carbocycles. The Morgan fingerprint density at radius 1 is 1.22 bits per heavy atom. The zero-order valence-electron chi connectivity index (χ0n) is 9.89. The number of nitrogens with two attached hydrogens (primary N) is 1. The van der Waals surface area contributed by atoms with Gasteiger partial charge in [-0.2, -0.15) is 4.98 Å². The van der Waals surface area contributed by atoms with Crippen LogP contribution in [0.15, 0.2) is 36.4 Å². The number of hydrogen-bond donors (Lipinski definition) is 1. The van der Waals surface area contributed by atoms with Crippen LogP contribution >= 0.6 is 0 Å². The van der Waals surface area contributed by atoms with Crippen molar-refractivity contribution in [2.75, 3.05) is 12.3 Å². The van der Waals surface area contributed by atoms with E-state index < -0.39 is 5.82 Å². The molecule has 0 aliphatic heterocycles. The van der Waals surface area contributed by atoms with Crippen molar-refractivity contribution in [3.8, 4) is 17.5 Å². The third kappa shape index (κ3) is 2.88. The quantitative estimate of drug-likeness (QED) is 0.845. The molecule has 0 aliphatic rings. The third-order valence-corrected chi connectivity index (χ3v) is 2.16. The topological polar surface area (TPSA) is 57.4 Å². The molecule has 94 valence electrons. The van der Waals surface area contributed by atoms with Gasteiger partial charge >= 0.3 is 0 Å². The van der Waals surface area contributed by atoms with Crippen molar-refractivity contribution < 1.29 is 13.9 Å². The molecular weight excluding hydrogens is 235 g/mol. The van der Waals surface area contributed by atoms with E-state index in [1.807, 2.05) is 6.92 Å². The Kier molecular flexibility index (Phi) is 3.62. The summed E-state index contributed by atoms with van der Waals surface area (Å²) in [5.74, 6) is 0.249. The second-order valence-electron chi connectivity index (χ2n) is 3.54. The van der Waals surface area contributed by atoms with E-state index >= 15 is 0 Å². The van der Waals surface area contributed by atoms with E-state index in [4.69, 9.17) is 15.2 Å². The standard InChI is InChI=1S/C13H13FN2O2/c1-2-17-12-4-3-5-13(16-12)18-11-7-6-9(15)8-10(11)14/h3-8H,2,15H2,1H3. The first-order valence-electron chi connectivity index (χ1n) is 5.52. The summed E-state index contributed by atoms with van der Waals surface area (Å²) >= 11 is 0. The Hall–Kier alpha value is -2.30. The molecule has 0 fully saturated rings. The molecule has 1 aromatic carbocycles. The molecule has 18 heavy (non-hydrogen) atoms. The second-order valence-corrected chi connectivity index (χ2v) is 3.54. The summed E-state index contributed by atoms with van der Waals surface area (Å²) in [6.45, 7) is 2.36. The lowest BCUT2D eigenvalue weighted by Gasteiger charge is -2.08. The van der Waals surface area contributed by atoms with Crippen molar-refractivity contribution >= 4 is 5.69 Å². The highest BCUT2D eigenvalue weighted by molar-refractivity contribution is 5.43. The van der Waals surface area contributed by atoms with E-state index in [1.54, 1.807) is 24.3 Å². The molecule has 0 unspecified atom stereocenters. The van der Waals surface area contributed by atoms with Crippen molar-refractivity contribution in [2.24, 2.45) is 0 Å². The van der Waals surface area contributed by atoms with Crippen LogP contribution in [0.4, 0.5) is 10.1 Å². The van der Waals surface area contributed by atoms with Gasteiger partial charge in [-0.05, 0) is 19.1 Å². The fraction of sp³-hybridized carbons (Fsp3) is 0.154. The number of nitrogens with zero attached hydrogens (tertiary/aromatic N) is 1. The van der Waals surface area contributed by atoms with E-state index in [1.165, 1.54) is 12.1 Å². The Bertz CT molecular complexity index is 546. The lowest BCUT2D eigenvalue weighted by atomic mass is 10.3. The van der Waals surface area contributed by atoms with Gasteiger partial charge in [-0.25, -0.2) is 4.39 Å². The minimum Gasteiger partial charge on any atom is -0.478 e. The van der Waals surface area contributed by atoms with Gasteiger partial charge in [0.05, 0.1) is 6.61 Å². The van der Waals surface area contributed by atoms with Crippen molar-refractivity contribution in [1.82, 2.24) is 4.98 Å². The Morgan fingerprint density at radius 2 is 2.00 bits per heavy atom. The fourth-order valence-corrected chi connectivity index (χ4v) is 1.39. The molecule has 0 bridgehead atoms. The zero-order chi connectivity index (χ0) is 13.0. The van der Waals surface area contributed by atoms with Crippen molar-refractivity contribution in [3.05, 3.63) is 42.2 Å². The number of hydrogen-bond acceptors (Lipinski definition) is 4. The van der Waals surface area contributed by atoms with Gasteiger partial charge in [0.25, 0.3) is 0 Å². The molecular formula is C13H13FN2O2. The van der Waals surface area contributed by atoms with Gasteiger partial charge in [-0.3, -0.25) is 0 Å². The van der Waals surface area contributed by atoms with Crippen LogP contribution in [-0.4, -0.2) is 11.6 Å². The van der Waals surface area contributed by atoms with E-state index in [-0.39, 0.29) is 11.6 Å². The first-order valence-corrected chi connectivity index (χ1v) is 5.52. The van der Waals surface area contributed by atoms with Crippen molar-refractivity contribution in [1.29, 1.82) is 0 Å². The molecule has 2 aromatic rings. The molecule has 5 heteroatoms. The maximum absolute atomic E-state index is 13.5. The summed E-state index contributed by atoms with van der Waals surface area (Å²) in [7, 11) is 0. The van der Waals surface area contributed by atoms with E-state index in [0.717, 1.165) is 0 Å². The van der Waals surface area contributed by atoms with Gasteiger partial charge in [0.15, 0.2) is 11.6 Å². The van der Waals surface area contributed by atoms with E-state index in [9.17, 15) is 4.39 Å². The van der Waals surface area contributed by atoms with Crippen molar-refractivity contribution in [3.63, 3.8) is 0 Å². The largest absolute Gasteiger partial charge is 0.478 e. The zero-order valence-corrected chi connectivity index (χ0v) is 9.89. The number of pyridine rings is 1. The molecule has 1 aromatic heterocycles. The molecule has 0 spiro atoms. The normalized spacial score (nSPS) is 10.1. The Morgan fingerprint density at radius 3 is 2.72 bits per heavy atom. The average Bonchev–Trinajstić information content (AvgIpc) is 2.34. The molecule has 0 saturated carbocycles.